The highest BCUT2D eigenvalue weighted by atomic mass is 14.7. The minimum atomic E-state index is 0.954. The van der Waals surface area contributed by atoms with Gasteiger partial charge in [0.2, 0.25) is 0 Å². The molecule has 1 aromatic heterocycles. The first kappa shape index (κ1) is 17.4. The van der Waals surface area contributed by atoms with Gasteiger partial charge < -0.3 is 0 Å². The zero-order valence-electron chi connectivity index (χ0n) is 15.1. The summed E-state index contributed by atoms with van der Waals surface area (Å²) in [5, 5.41) is 0. The number of aryl methyl sites for hydroxylation is 1. The van der Waals surface area contributed by atoms with Crippen LogP contribution in [0.3, 0.4) is 0 Å². The van der Waals surface area contributed by atoms with Gasteiger partial charge in [0.25, 0.3) is 0 Å². The van der Waals surface area contributed by atoms with Gasteiger partial charge in [-0.15, -0.1) is 0 Å². The van der Waals surface area contributed by atoms with E-state index in [0.29, 0.717) is 0 Å². The number of benzene rings is 2. The van der Waals surface area contributed by atoms with E-state index >= 15 is 0 Å². The number of aromatic nitrogens is 1. The van der Waals surface area contributed by atoms with Gasteiger partial charge in [-0.3, -0.25) is 4.98 Å². The third-order valence-electron chi connectivity index (χ3n) is 4.70. The van der Waals surface area contributed by atoms with E-state index in [1.165, 1.54) is 47.9 Å². The Bertz CT molecular complexity index is 763. The fourth-order valence-corrected chi connectivity index (χ4v) is 3.41. The molecule has 0 N–H and O–H groups in total. The van der Waals surface area contributed by atoms with Crippen molar-refractivity contribution < 1.29 is 0 Å². The van der Waals surface area contributed by atoms with E-state index in [0.717, 1.165) is 18.5 Å². The third kappa shape index (κ3) is 4.79. The summed E-state index contributed by atoms with van der Waals surface area (Å²) in [5.74, 6) is 0. The molecule has 1 heteroatoms. The lowest BCUT2D eigenvalue weighted by Gasteiger charge is -2.15. The summed E-state index contributed by atoms with van der Waals surface area (Å²) >= 11 is 0. The predicted molar refractivity (Wildman–Crippen MR) is 107 cm³/mol. The van der Waals surface area contributed by atoms with E-state index in [4.69, 9.17) is 0 Å². The van der Waals surface area contributed by atoms with Crippen molar-refractivity contribution in [3.63, 3.8) is 0 Å². The third-order valence-corrected chi connectivity index (χ3v) is 4.70. The Kier molecular flexibility index (Phi) is 6.39. The lowest BCUT2D eigenvalue weighted by molar-refractivity contribution is 0.667. The first-order valence-electron chi connectivity index (χ1n) is 9.44. The number of unbranched alkanes of at least 4 members (excludes halogenated alkanes) is 3. The summed E-state index contributed by atoms with van der Waals surface area (Å²) in [6.45, 7) is 2.26. The molecule has 2 aromatic carbocycles. The first-order valence-corrected chi connectivity index (χ1v) is 9.44. The van der Waals surface area contributed by atoms with Gasteiger partial charge in [0.05, 0.1) is 5.69 Å². The Morgan fingerprint density at radius 2 is 1.52 bits per heavy atom. The fraction of sp³-hybridized carbons (Fsp3) is 0.292. The van der Waals surface area contributed by atoms with Crippen LogP contribution in [0.25, 0.3) is 11.3 Å². The van der Waals surface area contributed by atoms with E-state index in [1.54, 1.807) is 0 Å². The summed E-state index contributed by atoms with van der Waals surface area (Å²) < 4.78 is 0. The van der Waals surface area contributed by atoms with Crippen LogP contribution in [0.15, 0.2) is 72.9 Å². The normalized spacial score (nSPS) is 10.8. The molecule has 0 bridgehead atoms. The van der Waals surface area contributed by atoms with Crippen LogP contribution in [0.2, 0.25) is 0 Å². The number of nitrogens with zero attached hydrogens (tertiary/aromatic N) is 1. The summed E-state index contributed by atoms with van der Waals surface area (Å²) in [6.07, 6.45) is 9.15. The van der Waals surface area contributed by atoms with Crippen LogP contribution in [-0.4, -0.2) is 4.98 Å². The molecule has 0 atom stereocenters. The maximum absolute atomic E-state index is 4.66. The molecule has 0 fully saturated rings. The molecule has 0 radical (unpaired) electrons. The Labute approximate surface area is 151 Å². The monoisotopic (exact) mass is 329 g/mol. The van der Waals surface area contributed by atoms with Crippen LogP contribution in [0, 0.1) is 0 Å². The van der Waals surface area contributed by atoms with Gasteiger partial charge in [-0.25, -0.2) is 0 Å². The number of hydrogen-bond donors (Lipinski definition) is 0. The smallest absolute Gasteiger partial charge is 0.0707 e. The Morgan fingerprint density at radius 1 is 0.720 bits per heavy atom. The van der Waals surface area contributed by atoms with Crippen LogP contribution >= 0.6 is 0 Å². The van der Waals surface area contributed by atoms with Crippen molar-refractivity contribution in [2.24, 2.45) is 0 Å². The number of hydrogen-bond acceptors (Lipinski definition) is 1. The molecule has 0 saturated carbocycles. The van der Waals surface area contributed by atoms with Crippen LogP contribution in [0.5, 0.6) is 0 Å². The highest BCUT2D eigenvalue weighted by Crippen LogP contribution is 2.29. The zero-order valence-corrected chi connectivity index (χ0v) is 15.1. The van der Waals surface area contributed by atoms with Crippen LogP contribution < -0.4 is 0 Å². The Balaban J connectivity index is 1.93. The summed E-state index contributed by atoms with van der Waals surface area (Å²) in [6, 6.07) is 23.7. The second-order valence-corrected chi connectivity index (χ2v) is 6.64. The lowest BCUT2D eigenvalue weighted by Crippen LogP contribution is -1.99. The highest BCUT2D eigenvalue weighted by molar-refractivity contribution is 5.68. The molecule has 25 heavy (non-hydrogen) atoms. The van der Waals surface area contributed by atoms with Gasteiger partial charge in [-0.05, 0) is 48.1 Å². The van der Waals surface area contributed by atoms with E-state index < -0.39 is 0 Å². The molecule has 1 nitrogen and oxygen atoms in total. The molecule has 128 valence electrons. The highest BCUT2D eigenvalue weighted by Gasteiger charge is 2.12. The predicted octanol–water partition coefficient (Wildman–Crippen LogP) is 6.46. The van der Waals surface area contributed by atoms with Crippen molar-refractivity contribution in [3.8, 4) is 11.3 Å². The molecule has 1 heterocycles. The van der Waals surface area contributed by atoms with Crippen molar-refractivity contribution in [3.05, 3.63) is 89.6 Å². The average Bonchev–Trinajstić information content (AvgIpc) is 2.67. The van der Waals surface area contributed by atoms with Gasteiger partial charge in [0.15, 0.2) is 0 Å². The maximum atomic E-state index is 4.66. The molecule has 0 saturated heterocycles. The van der Waals surface area contributed by atoms with Crippen LogP contribution in [0.1, 0.15) is 49.3 Å². The molecule has 0 spiro atoms. The molecule has 0 aliphatic carbocycles. The molecule has 0 aliphatic heterocycles. The maximum Gasteiger partial charge on any atom is 0.0707 e. The van der Waals surface area contributed by atoms with Gasteiger partial charge in [-0.1, -0.05) is 80.8 Å². The van der Waals surface area contributed by atoms with Crippen molar-refractivity contribution in [2.45, 2.75) is 45.4 Å². The van der Waals surface area contributed by atoms with E-state index in [9.17, 15) is 0 Å². The quantitative estimate of drug-likeness (QED) is 0.432. The molecule has 0 unspecified atom stereocenters. The Morgan fingerprint density at radius 3 is 2.28 bits per heavy atom. The van der Waals surface area contributed by atoms with Gasteiger partial charge in [0, 0.05) is 11.8 Å². The minimum absolute atomic E-state index is 0.954. The zero-order chi connectivity index (χ0) is 17.3. The van der Waals surface area contributed by atoms with Crippen molar-refractivity contribution in [1.29, 1.82) is 0 Å². The second kappa shape index (κ2) is 9.17. The molecule has 0 aliphatic rings. The molecule has 3 rings (SSSR count). The summed E-state index contributed by atoms with van der Waals surface area (Å²) in [4.78, 5) is 4.66. The minimum Gasteiger partial charge on any atom is -0.256 e. The topological polar surface area (TPSA) is 12.9 Å². The molecular formula is C24H27N. The largest absolute Gasteiger partial charge is 0.256 e. The van der Waals surface area contributed by atoms with E-state index in [-0.39, 0.29) is 0 Å². The molecule has 3 aromatic rings. The second-order valence-electron chi connectivity index (χ2n) is 6.64. The van der Waals surface area contributed by atoms with Crippen LogP contribution in [-0.2, 0) is 12.8 Å². The van der Waals surface area contributed by atoms with E-state index in [2.05, 4.69) is 72.6 Å². The van der Waals surface area contributed by atoms with Gasteiger partial charge >= 0.3 is 0 Å². The van der Waals surface area contributed by atoms with Gasteiger partial charge in [-0.2, -0.15) is 0 Å². The molecular weight excluding hydrogens is 302 g/mol. The lowest BCUT2D eigenvalue weighted by atomic mass is 9.91. The molecule has 0 amide bonds. The number of pyridine rings is 1. The first-order chi connectivity index (χ1) is 12.4. The van der Waals surface area contributed by atoms with Crippen LogP contribution in [0.4, 0.5) is 0 Å². The average molecular weight is 329 g/mol. The van der Waals surface area contributed by atoms with Crippen molar-refractivity contribution in [1.82, 2.24) is 4.98 Å². The SMILES string of the molecule is CCCCCCc1cccc(Cc2ccccc2)c1-c1ccccn1. The number of rotatable bonds is 8. The van der Waals surface area contributed by atoms with Crippen molar-refractivity contribution >= 4 is 0 Å². The Hall–Kier alpha value is -2.41. The fourth-order valence-electron chi connectivity index (χ4n) is 3.41. The summed E-state index contributed by atoms with van der Waals surface area (Å²) in [5.41, 5.74) is 6.59. The van der Waals surface area contributed by atoms with Gasteiger partial charge in [0.1, 0.15) is 0 Å². The standard InChI is InChI=1S/C24H27N/c1-2-3-4-8-14-21-15-11-16-22(19-20-12-6-5-7-13-20)24(21)23-17-9-10-18-25-23/h5-7,9-13,15-18H,2-4,8,14,19H2,1H3. The van der Waals surface area contributed by atoms with Crippen molar-refractivity contribution in [2.75, 3.05) is 0 Å². The van der Waals surface area contributed by atoms with E-state index in [1.807, 2.05) is 12.3 Å². The summed E-state index contributed by atoms with van der Waals surface area (Å²) in [7, 11) is 0.